The van der Waals surface area contributed by atoms with Gasteiger partial charge in [0.1, 0.15) is 11.4 Å². The molecule has 0 aliphatic heterocycles. The molecule has 0 unspecified atom stereocenters. The second kappa shape index (κ2) is 8.12. The molecule has 0 aliphatic rings. The smallest absolute Gasteiger partial charge is 0.261 e. The predicted molar refractivity (Wildman–Crippen MR) is 110 cm³/mol. The number of aromatic nitrogens is 4. The monoisotopic (exact) mass is 403 g/mol. The van der Waals surface area contributed by atoms with E-state index < -0.39 is 11.5 Å². The van der Waals surface area contributed by atoms with Crippen LogP contribution in [-0.2, 0) is 6.54 Å². The SMILES string of the molecule is CN(Cc1cnn(-c2ccc(F)cc2)c1)C(=O)c1ccc(-c2ccncc2)[nH]c1=O. The number of nitrogens with one attached hydrogen (secondary N) is 1. The van der Waals surface area contributed by atoms with Crippen LogP contribution in [0.4, 0.5) is 4.39 Å². The highest BCUT2D eigenvalue weighted by atomic mass is 19.1. The average Bonchev–Trinajstić information content (AvgIpc) is 3.22. The number of benzene rings is 1. The molecule has 0 aliphatic carbocycles. The third-order valence-corrected chi connectivity index (χ3v) is 4.62. The van der Waals surface area contributed by atoms with E-state index in [1.165, 1.54) is 23.1 Å². The Bertz CT molecular complexity index is 1230. The molecule has 0 atom stereocenters. The summed E-state index contributed by atoms with van der Waals surface area (Å²) < 4.78 is 14.7. The van der Waals surface area contributed by atoms with Gasteiger partial charge in [-0.2, -0.15) is 5.10 Å². The van der Waals surface area contributed by atoms with Crippen molar-refractivity contribution in [3.8, 4) is 16.9 Å². The number of amides is 1. The van der Waals surface area contributed by atoms with Gasteiger partial charge in [-0.1, -0.05) is 0 Å². The number of carbonyl (C=O) groups is 1. The molecule has 150 valence electrons. The van der Waals surface area contributed by atoms with Crippen LogP contribution < -0.4 is 5.56 Å². The van der Waals surface area contributed by atoms with Crippen LogP contribution in [0, 0.1) is 5.82 Å². The van der Waals surface area contributed by atoms with E-state index in [0.29, 0.717) is 11.4 Å². The Morgan fingerprint density at radius 3 is 2.53 bits per heavy atom. The Kier molecular flexibility index (Phi) is 5.21. The first kappa shape index (κ1) is 19.3. The van der Waals surface area contributed by atoms with Crippen molar-refractivity contribution in [2.24, 2.45) is 0 Å². The molecule has 3 heterocycles. The lowest BCUT2D eigenvalue weighted by Crippen LogP contribution is -2.31. The number of carbonyl (C=O) groups excluding carboxylic acids is 1. The van der Waals surface area contributed by atoms with E-state index in [-0.39, 0.29) is 17.9 Å². The summed E-state index contributed by atoms with van der Waals surface area (Å²) in [5.74, 6) is -0.719. The van der Waals surface area contributed by atoms with Gasteiger partial charge < -0.3 is 9.88 Å². The van der Waals surface area contributed by atoms with Crippen molar-refractivity contribution >= 4 is 5.91 Å². The summed E-state index contributed by atoms with van der Waals surface area (Å²) in [7, 11) is 1.62. The number of hydrogen-bond acceptors (Lipinski definition) is 4. The number of rotatable bonds is 5. The van der Waals surface area contributed by atoms with Gasteiger partial charge in [0.25, 0.3) is 11.5 Å². The van der Waals surface area contributed by atoms with E-state index in [9.17, 15) is 14.0 Å². The molecular formula is C22H18FN5O2. The summed E-state index contributed by atoms with van der Waals surface area (Å²) in [5, 5.41) is 4.25. The summed E-state index contributed by atoms with van der Waals surface area (Å²) in [6, 6.07) is 12.7. The van der Waals surface area contributed by atoms with E-state index in [1.54, 1.807) is 66.8 Å². The summed E-state index contributed by atoms with van der Waals surface area (Å²) in [4.78, 5) is 33.4. The molecule has 1 aromatic carbocycles. The highest BCUT2D eigenvalue weighted by Crippen LogP contribution is 2.15. The minimum Gasteiger partial charge on any atom is -0.337 e. The largest absolute Gasteiger partial charge is 0.337 e. The highest BCUT2D eigenvalue weighted by Gasteiger charge is 2.17. The van der Waals surface area contributed by atoms with Gasteiger partial charge >= 0.3 is 0 Å². The maximum absolute atomic E-state index is 13.1. The van der Waals surface area contributed by atoms with E-state index >= 15 is 0 Å². The van der Waals surface area contributed by atoms with Gasteiger partial charge in [0.2, 0.25) is 0 Å². The van der Waals surface area contributed by atoms with Crippen molar-refractivity contribution in [1.29, 1.82) is 0 Å². The van der Waals surface area contributed by atoms with Crippen molar-refractivity contribution in [1.82, 2.24) is 24.6 Å². The summed E-state index contributed by atoms with van der Waals surface area (Å²) in [6.07, 6.45) is 6.65. The summed E-state index contributed by atoms with van der Waals surface area (Å²) in [6.45, 7) is 0.269. The first-order valence-electron chi connectivity index (χ1n) is 9.20. The van der Waals surface area contributed by atoms with Crippen molar-refractivity contribution in [2.75, 3.05) is 7.05 Å². The minimum atomic E-state index is -0.455. The number of pyridine rings is 2. The van der Waals surface area contributed by atoms with Crippen molar-refractivity contribution < 1.29 is 9.18 Å². The molecule has 0 fully saturated rings. The molecule has 3 aromatic heterocycles. The standard InChI is InChI=1S/C22H18FN5O2/c1-27(13-15-12-25-28(14-15)18-4-2-17(23)3-5-18)22(30)19-6-7-20(26-21(19)29)16-8-10-24-11-9-16/h2-12,14H,13H2,1H3,(H,26,29). The van der Waals surface area contributed by atoms with Crippen LogP contribution >= 0.6 is 0 Å². The number of H-pyrrole nitrogens is 1. The Hall–Kier alpha value is -4.07. The van der Waals surface area contributed by atoms with Gasteiger partial charge in [-0.3, -0.25) is 14.6 Å². The maximum Gasteiger partial charge on any atom is 0.261 e. The molecular weight excluding hydrogens is 385 g/mol. The van der Waals surface area contributed by atoms with Crippen LogP contribution in [-0.4, -0.2) is 37.6 Å². The molecule has 8 heteroatoms. The molecule has 0 saturated heterocycles. The minimum absolute atomic E-state index is 0.0567. The summed E-state index contributed by atoms with van der Waals surface area (Å²) in [5.41, 5.74) is 2.51. The Labute approximate surface area is 171 Å². The average molecular weight is 403 g/mol. The molecule has 0 radical (unpaired) electrons. The van der Waals surface area contributed by atoms with Crippen LogP contribution in [0.5, 0.6) is 0 Å². The summed E-state index contributed by atoms with van der Waals surface area (Å²) >= 11 is 0. The van der Waals surface area contributed by atoms with Crippen LogP contribution in [0.15, 0.2) is 78.1 Å². The molecule has 4 aromatic rings. The van der Waals surface area contributed by atoms with Crippen molar-refractivity contribution in [2.45, 2.75) is 6.54 Å². The third kappa shape index (κ3) is 4.02. The van der Waals surface area contributed by atoms with E-state index in [4.69, 9.17) is 0 Å². The first-order valence-corrected chi connectivity index (χ1v) is 9.20. The second-order valence-electron chi connectivity index (χ2n) is 6.78. The predicted octanol–water partition coefficient (Wildman–Crippen LogP) is 3.03. The number of aromatic amines is 1. The zero-order chi connectivity index (χ0) is 21.1. The van der Waals surface area contributed by atoms with Gasteiger partial charge in [-0.15, -0.1) is 0 Å². The first-order chi connectivity index (χ1) is 14.5. The third-order valence-electron chi connectivity index (χ3n) is 4.62. The Morgan fingerprint density at radius 1 is 1.10 bits per heavy atom. The van der Waals surface area contributed by atoms with E-state index in [0.717, 1.165) is 11.1 Å². The molecule has 0 spiro atoms. The van der Waals surface area contributed by atoms with Gasteiger partial charge in [0.15, 0.2) is 0 Å². The molecule has 4 rings (SSSR count). The highest BCUT2D eigenvalue weighted by molar-refractivity contribution is 5.93. The lowest BCUT2D eigenvalue weighted by Gasteiger charge is -2.16. The second-order valence-corrected chi connectivity index (χ2v) is 6.78. The Morgan fingerprint density at radius 2 is 1.83 bits per heavy atom. The van der Waals surface area contributed by atoms with Crippen molar-refractivity contribution in [3.05, 3.63) is 101 Å². The van der Waals surface area contributed by atoms with Crippen LogP contribution in [0.3, 0.4) is 0 Å². The van der Waals surface area contributed by atoms with Crippen LogP contribution in [0.25, 0.3) is 16.9 Å². The molecule has 1 N–H and O–H groups in total. The molecule has 1 amide bonds. The number of halogens is 1. The lowest BCUT2D eigenvalue weighted by atomic mass is 10.1. The molecule has 0 bridgehead atoms. The fraction of sp³-hybridized carbons (Fsp3) is 0.0909. The molecule has 7 nitrogen and oxygen atoms in total. The van der Waals surface area contributed by atoms with E-state index in [1.807, 2.05) is 0 Å². The van der Waals surface area contributed by atoms with Gasteiger partial charge in [-0.05, 0) is 48.5 Å². The lowest BCUT2D eigenvalue weighted by molar-refractivity contribution is 0.0783. The zero-order valence-corrected chi connectivity index (χ0v) is 16.1. The molecule has 0 saturated carbocycles. The number of hydrogen-bond donors (Lipinski definition) is 1. The fourth-order valence-corrected chi connectivity index (χ4v) is 3.07. The zero-order valence-electron chi connectivity index (χ0n) is 16.1. The van der Waals surface area contributed by atoms with Crippen LogP contribution in [0.1, 0.15) is 15.9 Å². The van der Waals surface area contributed by atoms with Gasteiger partial charge in [0, 0.05) is 49.0 Å². The maximum atomic E-state index is 13.1. The van der Waals surface area contributed by atoms with Crippen molar-refractivity contribution in [3.63, 3.8) is 0 Å². The normalized spacial score (nSPS) is 10.7. The number of nitrogens with zero attached hydrogens (tertiary/aromatic N) is 4. The quantitative estimate of drug-likeness (QED) is 0.555. The van der Waals surface area contributed by atoms with Gasteiger partial charge in [-0.25, -0.2) is 9.07 Å². The Balaban J connectivity index is 1.49. The van der Waals surface area contributed by atoms with Crippen LogP contribution in [0.2, 0.25) is 0 Å². The van der Waals surface area contributed by atoms with Gasteiger partial charge in [0.05, 0.1) is 11.9 Å². The topological polar surface area (TPSA) is 83.9 Å². The fourth-order valence-electron chi connectivity index (χ4n) is 3.07. The van der Waals surface area contributed by atoms with E-state index in [2.05, 4.69) is 15.1 Å². The molecule has 30 heavy (non-hydrogen) atoms.